The van der Waals surface area contributed by atoms with Gasteiger partial charge in [0.1, 0.15) is 0 Å². The van der Waals surface area contributed by atoms with E-state index in [0.29, 0.717) is 19.4 Å². The Balaban J connectivity index is 1.73. The van der Waals surface area contributed by atoms with Gasteiger partial charge in [0.05, 0.1) is 10.8 Å². The molecule has 1 saturated heterocycles. The fourth-order valence-electron chi connectivity index (χ4n) is 3.30. The number of nitrogens with one attached hydrogen (secondary N) is 1. The van der Waals surface area contributed by atoms with Crippen molar-refractivity contribution in [3.8, 4) is 0 Å². The number of piperidine rings is 1. The molecule has 2 aromatic rings. The van der Waals surface area contributed by atoms with Crippen molar-refractivity contribution in [3.63, 3.8) is 0 Å². The zero-order valence-electron chi connectivity index (χ0n) is 14.9. The molecule has 0 unspecified atom stereocenters. The fourth-order valence-corrected chi connectivity index (χ4v) is 4.85. The summed E-state index contributed by atoms with van der Waals surface area (Å²) in [5.74, 6) is -0.453. The van der Waals surface area contributed by atoms with Crippen molar-refractivity contribution in [1.82, 2.24) is 4.31 Å². The Labute approximate surface area is 155 Å². The van der Waals surface area contributed by atoms with Crippen molar-refractivity contribution < 1.29 is 13.2 Å². The van der Waals surface area contributed by atoms with Crippen molar-refractivity contribution in [1.29, 1.82) is 0 Å². The molecule has 0 radical (unpaired) electrons. The number of nitrogens with zero attached hydrogens (tertiary/aromatic N) is 1. The van der Waals surface area contributed by atoms with Gasteiger partial charge in [0.25, 0.3) is 0 Å². The normalized spacial score (nSPS) is 18.4. The second-order valence-corrected chi connectivity index (χ2v) is 8.45. The quantitative estimate of drug-likeness (QED) is 0.876. The van der Waals surface area contributed by atoms with E-state index in [9.17, 15) is 13.2 Å². The van der Waals surface area contributed by atoms with Gasteiger partial charge < -0.3 is 5.32 Å². The van der Waals surface area contributed by atoms with Crippen LogP contribution in [0.5, 0.6) is 0 Å². The monoisotopic (exact) mass is 372 g/mol. The minimum atomic E-state index is -3.56. The molecule has 1 aliphatic heterocycles. The first-order valence-electron chi connectivity index (χ1n) is 8.96. The SMILES string of the molecule is CCc1ccccc1NC(=O)[C@H]1CCCN(S(=O)(=O)c2ccccc2)C1. The number of hydrogen-bond donors (Lipinski definition) is 1. The number of rotatable bonds is 5. The van der Waals surface area contributed by atoms with Crippen molar-refractivity contribution in [2.75, 3.05) is 18.4 Å². The van der Waals surface area contributed by atoms with Gasteiger partial charge in [-0.05, 0) is 43.0 Å². The summed E-state index contributed by atoms with van der Waals surface area (Å²) in [6, 6.07) is 16.1. The highest BCUT2D eigenvalue weighted by molar-refractivity contribution is 7.89. The molecule has 26 heavy (non-hydrogen) atoms. The zero-order valence-corrected chi connectivity index (χ0v) is 15.7. The first kappa shape index (κ1) is 18.6. The van der Waals surface area contributed by atoms with Gasteiger partial charge in [0, 0.05) is 18.8 Å². The van der Waals surface area contributed by atoms with E-state index in [1.165, 1.54) is 4.31 Å². The van der Waals surface area contributed by atoms with Gasteiger partial charge in [-0.15, -0.1) is 0 Å². The van der Waals surface area contributed by atoms with Gasteiger partial charge in [-0.1, -0.05) is 43.3 Å². The standard InChI is InChI=1S/C20H24N2O3S/c1-2-16-9-6-7-13-19(16)21-20(23)17-10-8-14-22(15-17)26(24,25)18-11-4-3-5-12-18/h3-7,9,11-13,17H,2,8,10,14-15H2,1H3,(H,21,23)/t17-/m0/s1. The topological polar surface area (TPSA) is 66.5 Å². The highest BCUT2D eigenvalue weighted by Crippen LogP contribution is 2.25. The predicted molar refractivity (Wildman–Crippen MR) is 102 cm³/mol. The van der Waals surface area contributed by atoms with Crippen molar-refractivity contribution >= 4 is 21.6 Å². The summed E-state index contributed by atoms with van der Waals surface area (Å²) in [6.45, 7) is 2.71. The minimum Gasteiger partial charge on any atom is -0.326 e. The first-order valence-corrected chi connectivity index (χ1v) is 10.4. The number of carbonyl (C=O) groups is 1. The number of anilines is 1. The molecule has 0 spiro atoms. The lowest BCUT2D eigenvalue weighted by molar-refractivity contribution is -0.120. The summed E-state index contributed by atoms with van der Waals surface area (Å²) >= 11 is 0. The van der Waals surface area contributed by atoms with Crippen LogP contribution >= 0.6 is 0 Å². The molecule has 0 aromatic heterocycles. The van der Waals surface area contributed by atoms with Gasteiger partial charge in [-0.3, -0.25) is 4.79 Å². The van der Waals surface area contributed by atoms with Crippen LogP contribution in [0.25, 0.3) is 0 Å². The molecule has 3 rings (SSSR count). The summed E-state index contributed by atoms with van der Waals surface area (Å²) in [7, 11) is -3.56. The van der Waals surface area contributed by atoms with Gasteiger partial charge in [-0.2, -0.15) is 4.31 Å². The molecular weight excluding hydrogens is 348 g/mol. The molecule has 0 saturated carbocycles. The number of sulfonamides is 1. The lowest BCUT2D eigenvalue weighted by Crippen LogP contribution is -2.43. The number of para-hydroxylation sites is 1. The van der Waals surface area contributed by atoms with E-state index in [2.05, 4.69) is 5.32 Å². The molecule has 1 heterocycles. The molecule has 1 aliphatic rings. The van der Waals surface area contributed by atoms with Crippen molar-refractivity contribution in [2.24, 2.45) is 5.92 Å². The van der Waals surface area contributed by atoms with Gasteiger partial charge in [-0.25, -0.2) is 8.42 Å². The van der Waals surface area contributed by atoms with E-state index in [-0.39, 0.29) is 23.3 Å². The maximum absolute atomic E-state index is 12.8. The largest absolute Gasteiger partial charge is 0.326 e. The van der Waals surface area contributed by atoms with E-state index < -0.39 is 10.0 Å². The third-order valence-electron chi connectivity index (χ3n) is 4.79. The lowest BCUT2D eigenvalue weighted by atomic mass is 9.98. The highest BCUT2D eigenvalue weighted by atomic mass is 32.2. The molecular formula is C20H24N2O3S. The molecule has 1 N–H and O–H groups in total. The van der Waals surface area contributed by atoms with Gasteiger partial charge >= 0.3 is 0 Å². The first-order chi connectivity index (χ1) is 12.5. The summed E-state index contributed by atoms with van der Waals surface area (Å²) in [6.07, 6.45) is 2.20. The van der Waals surface area contributed by atoms with Crippen LogP contribution in [0, 0.1) is 5.92 Å². The van der Waals surface area contributed by atoms with Crippen LogP contribution in [0.4, 0.5) is 5.69 Å². The zero-order chi connectivity index (χ0) is 18.6. The van der Waals surface area contributed by atoms with E-state index in [1.807, 2.05) is 31.2 Å². The van der Waals surface area contributed by atoms with Crippen LogP contribution in [-0.4, -0.2) is 31.7 Å². The van der Waals surface area contributed by atoms with Gasteiger partial charge in [0.15, 0.2) is 0 Å². The smallest absolute Gasteiger partial charge is 0.243 e. The second kappa shape index (κ2) is 8.01. The molecule has 6 heteroatoms. The van der Waals surface area contributed by atoms with E-state index in [4.69, 9.17) is 0 Å². The molecule has 2 aromatic carbocycles. The van der Waals surface area contributed by atoms with Crippen LogP contribution in [0.15, 0.2) is 59.5 Å². The predicted octanol–water partition coefficient (Wildman–Crippen LogP) is 3.29. The number of hydrogen-bond acceptors (Lipinski definition) is 3. The number of carbonyl (C=O) groups excluding carboxylic acids is 1. The maximum Gasteiger partial charge on any atom is 0.243 e. The fraction of sp³-hybridized carbons (Fsp3) is 0.350. The molecule has 1 atom stereocenters. The number of amides is 1. The molecule has 138 valence electrons. The van der Waals surface area contributed by atoms with Crippen LogP contribution in [-0.2, 0) is 21.2 Å². The molecule has 1 amide bonds. The van der Waals surface area contributed by atoms with Crippen molar-refractivity contribution in [2.45, 2.75) is 31.1 Å². The Bertz CT molecular complexity index is 866. The third-order valence-corrected chi connectivity index (χ3v) is 6.67. The Kier molecular flexibility index (Phi) is 5.74. The van der Waals surface area contributed by atoms with Gasteiger partial charge in [0.2, 0.25) is 15.9 Å². The molecule has 0 aliphatic carbocycles. The second-order valence-electron chi connectivity index (χ2n) is 6.52. The molecule has 0 bridgehead atoms. The molecule has 1 fully saturated rings. The number of aryl methyl sites for hydroxylation is 1. The average molecular weight is 372 g/mol. The Morgan fingerprint density at radius 1 is 1.12 bits per heavy atom. The Morgan fingerprint density at radius 2 is 1.81 bits per heavy atom. The third kappa shape index (κ3) is 3.97. The highest BCUT2D eigenvalue weighted by Gasteiger charge is 2.33. The molecule has 5 nitrogen and oxygen atoms in total. The summed E-state index contributed by atoms with van der Waals surface area (Å²) < 4.78 is 27.0. The summed E-state index contributed by atoms with van der Waals surface area (Å²) in [5.41, 5.74) is 1.88. The average Bonchev–Trinajstić information content (AvgIpc) is 2.69. The van der Waals surface area contributed by atoms with Crippen LogP contribution in [0.2, 0.25) is 0 Å². The van der Waals surface area contributed by atoms with E-state index in [0.717, 1.165) is 17.7 Å². The maximum atomic E-state index is 12.8. The van der Waals surface area contributed by atoms with E-state index >= 15 is 0 Å². The minimum absolute atomic E-state index is 0.112. The summed E-state index contributed by atoms with van der Waals surface area (Å²) in [5, 5.41) is 2.98. The van der Waals surface area contributed by atoms with Crippen molar-refractivity contribution in [3.05, 3.63) is 60.2 Å². The lowest BCUT2D eigenvalue weighted by Gasteiger charge is -2.31. The Morgan fingerprint density at radius 3 is 2.54 bits per heavy atom. The summed E-state index contributed by atoms with van der Waals surface area (Å²) in [4.78, 5) is 13.0. The van der Waals surface area contributed by atoms with Crippen LogP contribution in [0.3, 0.4) is 0 Å². The van der Waals surface area contributed by atoms with Crippen LogP contribution in [0.1, 0.15) is 25.3 Å². The Hall–Kier alpha value is -2.18. The van der Waals surface area contributed by atoms with E-state index in [1.54, 1.807) is 30.3 Å². The number of benzene rings is 2. The van der Waals surface area contributed by atoms with Crippen LogP contribution < -0.4 is 5.32 Å².